The van der Waals surface area contributed by atoms with Crippen LogP contribution in [0.4, 0.5) is 4.39 Å². The van der Waals surface area contributed by atoms with Gasteiger partial charge in [-0.05, 0) is 95.2 Å². The minimum absolute atomic E-state index is 0.0366. The monoisotopic (exact) mass is 685 g/mol. The van der Waals surface area contributed by atoms with Crippen LogP contribution < -0.4 is 20.5 Å². The van der Waals surface area contributed by atoms with E-state index in [4.69, 9.17) is 15.2 Å². The number of piperidine rings is 1. The molecule has 1 saturated heterocycles. The number of amides is 1. The van der Waals surface area contributed by atoms with E-state index in [0.717, 1.165) is 87.8 Å². The molecule has 4 N–H and O–H groups in total. The number of aromatic nitrogens is 1. The van der Waals surface area contributed by atoms with E-state index in [-0.39, 0.29) is 29.8 Å². The zero-order valence-electron chi connectivity index (χ0n) is 29.7. The molecule has 0 radical (unpaired) electrons. The summed E-state index contributed by atoms with van der Waals surface area (Å²) in [6.07, 6.45) is 7.14. The van der Waals surface area contributed by atoms with Gasteiger partial charge >= 0.3 is 0 Å². The van der Waals surface area contributed by atoms with Gasteiger partial charge in [-0.1, -0.05) is 43.2 Å². The number of unbranched alkanes of at least 4 members (excludes halogenated alkanes) is 3. The lowest BCUT2D eigenvalue weighted by atomic mass is 9.68. The third kappa shape index (κ3) is 9.10. The summed E-state index contributed by atoms with van der Waals surface area (Å²) in [5.41, 5.74) is 10.7. The fourth-order valence-corrected chi connectivity index (χ4v) is 7.22. The Morgan fingerprint density at radius 1 is 1.04 bits per heavy atom. The number of H-pyrrole nitrogens is 1. The summed E-state index contributed by atoms with van der Waals surface area (Å²) < 4.78 is 25.2. The van der Waals surface area contributed by atoms with E-state index in [2.05, 4.69) is 52.3 Å². The van der Waals surface area contributed by atoms with Crippen molar-refractivity contribution >= 4 is 23.1 Å². The van der Waals surface area contributed by atoms with Crippen molar-refractivity contribution < 1.29 is 23.5 Å². The van der Waals surface area contributed by atoms with Crippen molar-refractivity contribution in [2.24, 2.45) is 5.73 Å². The Balaban J connectivity index is 0.000000213. The molecule has 2 aliphatic heterocycles. The van der Waals surface area contributed by atoms with E-state index in [1.54, 1.807) is 43.5 Å². The van der Waals surface area contributed by atoms with Crippen molar-refractivity contribution in [1.29, 1.82) is 0 Å². The number of halogens is 1. The molecule has 268 valence electrons. The van der Waals surface area contributed by atoms with Crippen molar-refractivity contribution in [1.82, 2.24) is 20.1 Å². The van der Waals surface area contributed by atoms with E-state index < -0.39 is 0 Å². The highest BCUT2D eigenvalue weighted by Gasteiger charge is 2.46. The summed E-state index contributed by atoms with van der Waals surface area (Å²) in [6, 6.07) is 20.5. The number of hydrogen-bond acceptors (Lipinski definition) is 7. The Bertz CT molecular complexity index is 1720. The van der Waals surface area contributed by atoms with Gasteiger partial charge in [0.1, 0.15) is 23.6 Å². The summed E-state index contributed by atoms with van der Waals surface area (Å²) in [5, 5.41) is 4.11. The predicted octanol–water partition coefficient (Wildman–Crippen LogP) is 6.37. The molecule has 4 aromatic rings. The van der Waals surface area contributed by atoms with Crippen LogP contribution in [-0.2, 0) is 16.8 Å². The number of aromatic amines is 1. The number of likely N-dealkylation sites (tertiary alicyclic amines) is 1. The molecule has 6 rings (SSSR count). The number of nitrogens with one attached hydrogen (secondary N) is 2. The Morgan fingerprint density at radius 2 is 1.82 bits per heavy atom. The molecule has 3 aromatic carbocycles. The summed E-state index contributed by atoms with van der Waals surface area (Å²) in [6.45, 7) is 7.35. The third-order valence-corrected chi connectivity index (χ3v) is 10.1. The van der Waals surface area contributed by atoms with Gasteiger partial charge in [0.05, 0.1) is 7.11 Å². The van der Waals surface area contributed by atoms with E-state index in [1.807, 2.05) is 12.1 Å². The van der Waals surface area contributed by atoms with Gasteiger partial charge in [0.25, 0.3) is 5.91 Å². The highest BCUT2D eigenvalue weighted by Crippen LogP contribution is 2.49. The molecule has 50 heavy (non-hydrogen) atoms. The van der Waals surface area contributed by atoms with E-state index >= 15 is 0 Å². The van der Waals surface area contributed by atoms with Gasteiger partial charge in [-0.15, -0.1) is 0 Å². The molecule has 1 unspecified atom stereocenters. The minimum Gasteiger partial charge on any atom is -0.497 e. The number of hydrogen-bond donors (Lipinski definition) is 3. The molecule has 1 amide bonds. The quantitative estimate of drug-likeness (QED) is 0.111. The average Bonchev–Trinajstić information content (AvgIpc) is 3.54. The number of ether oxygens (including phenoxy) is 2. The van der Waals surface area contributed by atoms with Crippen molar-refractivity contribution in [3.05, 3.63) is 94.9 Å². The lowest BCUT2D eigenvalue weighted by molar-refractivity contribution is -0.123. The number of nitrogens with zero attached hydrogens (tertiary/aromatic N) is 2. The maximum Gasteiger partial charge on any atom is 0.257 e. The van der Waals surface area contributed by atoms with Gasteiger partial charge < -0.3 is 30.4 Å². The Labute approximate surface area is 295 Å². The van der Waals surface area contributed by atoms with Crippen LogP contribution in [-0.4, -0.2) is 80.5 Å². The Hall–Kier alpha value is -4.25. The van der Waals surface area contributed by atoms with Crippen LogP contribution in [0.5, 0.6) is 11.5 Å². The largest absolute Gasteiger partial charge is 0.497 e. The van der Waals surface area contributed by atoms with Crippen molar-refractivity contribution in [3.63, 3.8) is 0 Å². The molecule has 3 heterocycles. The van der Waals surface area contributed by atoms with Crippen LogP contribution in [0.15, 0.2) is 66.7 Å². The van der Waals surface area contributed by atoms with Crippen molar-refractivity contribution in [2.75, 3.05) is 53.5 Å². The molecule has 2 aliphatic rings. The van der Waals surface area contributed by atoms with Gasteiger partial charge in [-0.3, -0.25) is 14.5 Å². The minimum atomic E-state index is -0.152. The molecule has 0 aliphatic carbocycles. The van der Waals surface area contributed by atoms with Gasteiger partial charge in [-0.25, -0.2) is 4.39 Å². The summed E-state index contributed by atoms with van der Waals surface area (Å²) in [7, 11) is 3.91. The number of rotatable bonds is 13. The lowest BCUT2D eigenvalue weighted by Crippen LogP contribution is -2.52. The van der Waals surface area contributed by atoms with Gasteiger partial charge in [0.2, 0.25) is 0 Å². The van der Waals surface area contributed by atoms with Crippen LogP contribution in [0.2, 0.25) is 0 Å². The van der Waals surface area contributed by atoms with Crippen LogP contribution in [0, 0.1) is 5.82 Å². The van der Waals surface area contributed by atoms with E-state index in [0.29, 0.717) is 24.4 Å². The number of carbonyl (C=O) groups excluding carboxylic acids is 2. The zero-order chi connectivity index (χ0) is 35.5. The maximum absolute atomic E-state index is 14.4. The normalized spacial score (nSPS) is 17.1. The van der Waals surface area contributed by atoms with Crippen molar-refractivity contribution in [2.45, 2.75) is 63.5 Å². The van der Waals surface area contributed by atoms with Gasteiger partial charge in [0.15, 0.2) is 6.61 Å². The molecule has 10 heteroatoms. The molecule has 1 atom stereocenters. The topological polar surface area (TPSA) is 113 Å². The van der Waals surface area contributed by atoms with Gasteiger partial charge in [-0.2, -0.15) is 0 Å². The molecule has 1 spiro atoms. The second-order valence-electron chi connectivity index (χ2n) is 13.6. The molecule has 1 fully saturated rings. The molecule has 1 aromatic heterocycles. The summed E-state index contributed by atoms with van der Waals surface area (Å²) in [4.78, 5) is 30.7. The van der Waals surface area contributed by atoms with Gasteiger partial charge in [0, 0.05) is 64.9 Å². The van der Waals surface area contributed by atoms with E-state index in [1.165, 1.54) is 16.6 Å². The molecular weight excluding hydrogens is 633 g/mol. The van der Waals surface area contributed by atoms with E-state index in [9.17, 15) is 14.0 Å². The first-order chi connectivity index (χ1) is 24.3. The number of benzene rings is 3. The third-order valence-electron chi connectivity index (χ3n) is 10.1. The standard InChI is InChI=1S/C25H30FN3O.C15H22N2O3/c1-17-24-23(20-9-8-19(30-3)14-22(20)27-24)25(10-12-28(2)13-11-25)16-29(17)15-18-6-4-5-7-21(18)26;16-8-3-1-2-4-9-17-15(19)12-20-14-7-5-6-13(10-14)11-18/h4-9,14,17,27H,10-13,15-16H2,1-3H3;5-7,10-11H,1-4,8-9,12,16H2,(H,17,19). The summed E-state index contributed by atoms with van der Waals surface area (Å²) >= 11 is 0. The molecule has 0 bridgehead atoms. The van der Waals surface area contributed by atoms with Crippen molar-refractivity contribution in [3.8, 4) is 11.5 Å². The Kier molecular flexibility index (Phi) is 13.0. The van der Waals surface area contributed by atoms with Crippen LogP contribution >= 0.6 is 0 Å². The first kappa shape index (κ1) is 37.0. The first-order valence-electron chi connectivity index (χ1n) is 17.8. The predicted molar refractivity (Wildman–Crippen MR) is 196 cm³/mol. The number of carbonyl (C=O) groups is 2. The number of fused-ring (bicyclic) bond motifs is 4. The molecule has 9 nitrogen and oxygen atoms in total. The number of methoxy groups -OCH3 is 1. The second kappa shape index (κ2) is 17.6. The average molecular weight is 686 g/mol. The number of nitrogens with two attached hydrogens (primary N) is 1. The van der Waals surface area contributed by atoms with Crippen LogP contribution in [0.25, 0.3) is 10.9 Å². The lowest BCUT2D eigenvalue weighted by Gasteiger charge is -2.49. The fraction of sp³-hybridized carbons (Fsp3) is 0.450. The SMILES string of the molecule is COc1ccc2c3c([nH]c2c1)C(C)N(Cc1ccccc1F)CC31CCN(C)CC1.NCCCCCCNC(=O)COc1cccc(C=O)c1. The van der Waals surface area contributed by atoms with Crippen LogP contribution in [0.3, 0.4) is 0 Å². The molecule has 0 saturated carbocycles. The smallest absolute Gasteiger partial charge is 0.257 e. The second-order valence-corrected chi connectivity index (χ2v) is 13.6. The highest BCUT2D eigenvalue weighted by atomic mass is 19.1. The van der Waals surface area contributed by atoms with Crippen LogP contribution in [0.1, 0.15) is 78.7 Å². The highest BCUT2D eigenvalue weighted by molar-refractivity contribution is 5.88. The number of aldehydes is 1. The summed E-state index contributed by atoms with van der Waals surface area (Å²) in [5.74, 6) is 1.12. The Morgan fingerprint density at radius 3 is 2.56 bits per heavy atom. The molecular formula is C40H52FN5O4. The maximum atomic E-state index is 14.4. The first-order valence-corrected chi connectivity index (χ1v) is 17.8. The zero-order valence-corrected chi connectivity index (χ0v) is 29.7. The fourth-order valence-electron chi connectivity index (χ4n) is 7.22.